The lowest BCUT2D eigenvalue weighted by atomic mass is 9.77. The van der Waals surface area contributed by atoms with E-state index in [9.17, 15) is 9.47 Å². The minimum absolute atomic E-state index is 0.257. The summed E-state index contributed by atoms with van der Waals surface area (Å²) < 4.78 is 22.0. The Labute approximate surface area is 211 Å². The first-order chi connectivity index (χ1) is 16.7. The number of halogens is 1. The minimum Gasteiger partial charge on any atom is -0.494 e. The van der Waals surface area contributed by atoms with Crippen molar-refractivity contribution < 1.29 is 8.95 Å². The van der Waals surface area contributed by atoms with Crippen LogP contribution in [0.25, 0.3) is 0 Å². The molecule has 0 saturated carbocycles. The number of methoxy groups -OCH3 is 1. The molecule has 0 unspecified atom stereocenters. The van der Waals surface area contributed by atoms with Gasteiger partial charge in [-0.3, -0.25) is 0 Å². The molecule has 35 heavy (non-hydrogen) atoms. The second-order valence-corrected chi connectivity index (χ2v) is 11.8. The van der Waals surface area contributed by atoms with Gasteiger partial charge in [-0.2, -0.15) is 9.62 Å². The van der Waals surface area contributed by atoms with Crippen molar-refractivity contribution in [2.75, 3.05) is 18.6 Å². The fourth-order valence-electron chi connectivity index (χ4n) is 3.96. The van der Waals surface area contributed by atoms with Crippen molar-refractivity contribution in [1.82, 2.24) is 9.97 Å². The Morgan fingerprint density at radius 2 is 1.66 bits per heavy atom. The predicted octanol–water partition coefficient (Wildman–Crippen LogP) is 5.63. The third-order valence-electron chi connectivity index (χ3n) is 6.11. The molecule has 0 bridgehead atoms. The van der Waals surface area contributed by atoms with Crippen molar-refractivity contribution in [3.05, 3.63) is 81.6 Å². The predicted molar refractivity (Wildman–Crippen MR) is 138 cm³/mol. The molecule has 0 radical (unpaired) electrons. The molecule has 178 valence electrons. The van der Waals surface area contributed by atoms with Gasteiger partial charge in [-0.1, -0.05) is 49.4 Å². The highest BCUT2D eigenvalue weighted by Gasteiger charge is 2.25. The zero-order valence-electron chi connectivity index (χ0n) is 19.8. The average molecular weight is 505 g/mol. The molecule has 4 rings (SSSR count). The van der Waals surface area contributed by atoms with Gasteiger partial charge in [0.15, 0.2) is 5.75 Å². The van der Waals surface area contributed by atoms with Crippen LogP contribution >= 0.6 is 11.6 Å². The maximum absolute atomic E-state index is 12.5. The first kappa shape index (κ1) is 24.7. The van der Waals surface area contributed by atoms with E-state index >= 15 is 0 Å². The molecule has 1 aromatic heterocycles. The number of aromatic nitrogens is 2. The van der Waals surface area contributed by atoms with Gasteiger partial charge in [-0.25, -0.2) is 14.2 Å². The van der Waals surface area contributed by atoms with E-state index in [4.69, 9.17) is 16.3 Å². The van der Waals surface area contributed by atoms with E-state index in [0.29, 0.717) is 33.4 Å². The van der Waals surface area contributed by atoms with Gasteiger partial charge in [-0.15, -0.1) is 0 Å². The normalized spacial score (nSPS) is 14.5. The summed E-state index contributed by atoms with van der Waals surface area (Å²) in [5.74, 6) is 8.07. The molecule has 2 heterocycles. The van der Waals surface area contributed by atoms with Gasteiger partial charge in [-0.05, 0) is 48.2 Å². The van der Waals surface area contributed by atoms with Crippen molar-refractivity contribution in [3.8, 4) is 23.7 Å². The van der Waals surface area contributed by atoms with Crippen LogP contribution in [0.3, 0.4) is 0 Å². The molecule has 3 aromatic rings. The van der Waals surface area contributed by atoms with E-state index < -0.39 is 9.73 Å². The maximum atomic E-state index is 12.5. The highest BCUT2D eigenvalue weighted by molar-refractivity contribution is 7.93. The summed E-state index contributed by atoms with van der Waals surface area (Å²) in [6.45, 7) is 4.16. The van der Waals surface area contributed by atoms with Crippen LogP contribution in [0, 0.1) is 23.2 Å². The Morgan fingerprint density at radius 3 is 2.26 bits per heavy atom. The number of hydrogen-bond acceptors (Lipinski definition) is 6. The molecule has 0 aliphatic carbocycles. The number of hydrogen-bond donors (Lipinski definition) is 0. The number of ether oxygens (including phenoxy) is 1. The molecule has 2 aromatic carbocycles. The zero-order valence-corrected chi connectivity index (χ0v) is 21.4. The Bertz CT molecular complexity index is 1460. The third kappa shape index (κ3) is 5.48. The summed E-state index contributed by atoms with van der Waals surface area (Å²) >= 11 is 6.37. The van der Waals surface area contributed by atoms with Gasteiger partial charge >= 0.3 is 0 Å². The average Bonchev–Trinajstić information content (AvgIpc) is 3.29. The lowest BCUT2D eigenvalue weighted by Gasteiger charge is -2.27. The number of rotatable bonds is 4. The van der Waals surface area contributed by atoms with Crippen LogP contribution in [-0.4, -0.2) is 32.8 Å². The van der Waals surface area contributed by atoms with Gasteiger partial charge in [0.05, 0.1) is 33.0 Å². The van der Waals surface area contributed by atoms with Gasteiger partial charge < -0.3 is 4.74 Å². The largest absolute Gasteiger partial charge is 0.494 e. The second kappa shape index (κ2) is 10.1. The molecule has 1 aliphatic rings. The van der Waals surface area contributed by atoms with E-state index in [1.807, 2.05) is 36.4 Å². The lowest BCUT2D eigenvalue weighted by molar-refractivity contribution is 0.413. The Kier molecular flexibility index (Phi) is 7.12. The van der Waals surface area contributed by atoms with Crippen molar-refractivity contribution >= 4 is 27.3 Å². The first-order valence-electron chi connectivity index (χ1n) is 11.2. The standard InChI is InChI=1S/C27H25ClN4O2S/c1-27(2,23-14-21(16-29)25(34-3)24(28)15-23)22-10-8-19(9-11-22)6-7-20-17-30-26(31-18-20)32-35(33)12-4-5-13-35/h8-11,14-15,17-18H,4-5,12-13H2,1-3H3. The Hall–Kier alpha value is -3.39. The molecule has 1 fully saturated rings. The van der Waals surface area contributed by atoms with Crippen LogP contribution < -0.4 is 4.74 Å². The molecule has 1 saturated heterocycles. The van der Waals surface area contributed by atoms with Gasteiger partial charge in [0.25, 0.3) is 5.95 Å². The first-order valence-corrected chi connectivity index (χ1v) is 13.4. The SMILES string of the molecule is COc1c(Cl)cc(C(C)(C)c2ccc(C#Cc3cnc(N=S4(=O)CCCC4)nc3)cc2)cc1C#N. The number of benzene rings is 2. The lowest BCUT2D eigenvalue weighted by Crippen LogP contribution is -2.19. The van der Waals surface area contributed by atoms with Crippen LogP contribution in [0.2, 0.25) is 5.02 Å². The highest BCUT2D eigenvalue weighted by atomic mass is 35.5. The molecule has 1 aliphatic heterocycles. The summed E-state index contributed by atoms with van der Waals surface area (Å²) in [6.07, 6.45) is 5.09. The summed E-state index contributed by atoms with van der Waals surface area (Å²) in [7, 11) is -0.685. The van der Waals surface area contributed by atoms with E-state index in [-0.39, 0.29) is 11.4 Å². The van der Waals surface area contributed by atoms with Crippen LogP contribution in [0.15, 0.2) is 53.2 Å². The Morgan fingerprint density at radius 1 is 1.03 bits per heavy atom. The van der Waals surface area contributed by atoms with Crippen LogP contribution in [0.1, 0.15) is 54.5 Å². The van der Waals surface area contributed by atoms with Crippen molar-refractivity contribution in [2.24, 2.45) is 4.36 Å². The summed E-state index contributed by atoms with van der Waals surface area (Å²) in [6, 6.07) is 13.8. The summed E-state index contributed by atoms with van der Waals surface area (Å²) in [4.78, 5) is 8.42. The van der Waals surface area contributed by atoms with Crippen LogP contribution in [-0.2, 0) is 15.1 Å². The second-order valence-electron chi connectivity index (χ2n) is 8.85. The zero-order chi connectivity index (χ0) is 25.1. The molecule has 6 nitrogen and oxygen atoms in total. The minimum atomic E-state index is -2.19. The summed E-state index contributed by atoms with van der Waals surface area (Å²) in [5.41, 5.74) is 3.50. The Balaban J connectivity index is 1.53. The molecule has 0 N–H and O–H groups in total. The van der Waals surface area contributed by atoms with Crippen molar-refractivity contribution in [2.45, 2.75) is 32.1 Å². The quantitative estimate of drug-likeness (QED) is 0.429. The van der Waals surface area contributed by atoms with Crippen LogP contribution in [0.5, 0.6) is 5.75 Å². The summed E-state index contributed by atoms with van der Waals surface area (Å²) in [5, 5.41) is 9.89. The molecular formula is C27H25ClN4O2S. The highest BCUT2D eigenvalue weighted by Crippen LogP contribution is 2.38. The van der Waals surface area contributed by atoms with Gasteiger partial charge in [0.2, 0.25) is 0 Å². The molecule has 0 spiro atoms. The maximum Gasteiger partial charge on any atom is 0.257 e. The van der Waals surface area contributed by atoms with E-state index in [1.54, 1.807) is 12.4 Å². The van der Waals surface area contributed by atoms with Crippen LogP contribution in [0.4, 0.5) is 5.95 Å². The molecular weight excluding hydrogens is 480 g/mol. The smallest absolute Gasteiger partial charge is 0.257 e. The van der Waals surface area contributed by atoms with Gasteiger partial charge in [0, 0.05) is 34.9 Å². The van der Waals surface area contributed by atoms with E-state index in [1.165, 1.54) is 7.11 Å². The number of nitriles is 1. The van der Waals surface area contributed by atoms with Crippen molar-refractivity contribution in [3.63, 3.8) is 0 Å². The molecule has 0 amide bonds. The van der Waals surface area contributed by atoms with Gasteiger partial charge in [0.1, 0.15) is 6.07 Å². The fourth-order valence-corrected chi connectivity index (χ4v) is 6.34. The van der Waals surface area contributed by atoms with E-state index in [0.717, 1.165) is 29.5 Å². The topological polar surface area (TPSA) is 88.2 Å². The fraction of sp³-hybridized carbons (Fsp3) is 0.296. The third-order valence-corrected chi connectivity index (χ3v) is 8.74. The van der Waals surface area contributed by atoms with Crippen molar-refractivity contribution in [1.29, 1.82) is 5.26 Å². The monoisotopic (exact) mass is 504 g/mol. The number of nitrogens with zero attached hydrogens (tertiary/aromatic N) is 4. The van der Waals surface area contributed by atoms with E-state index in [2.05, 4.69) is 46.1 Å². The molecule has 0 atom stereocenters. The molecule has 8 heteroatoms.